The maximum Gasteiger partial charge on any atom is 0.270 e. The minimum atomic E-state index is -4.10. The summed E-state index contributed by atoms with van der Waals surface area (Å²) in [6.07, 6.45) is 2.59. The molecule has 4 rings (SSSR count). The van der Waals surface area contributed by atoms with Gasteiger partial charge in [0.1, 0.15) is 24.5 Å². The highest BCUT2D eigenvalue weighted by Crippen LogP contribution is 2.28. The summed E-state index contributed by atoms with van der Waals surface area (Å²) in [7, 11) is -4.10. The third-order valence-electron chi connectivity index (χ3n) is 7.79. The van der Waals surface area contributed by atoms with E-state index >= 15 is 0 Å². The topological polar surface area (TPSA) is 144 Å². The first-order chi connectivity index (χ1) is 22.1. The summed E-state index contributed by atoms with van der Waals surface area (Å²) in [4.78, 5) is 52.3. The molecular weight excluding hydrogens is 627 g/mol. The molecule has 2 aromatic carbocycles. The zero-order valence-corrected chi connectivity index (χ0v) is 28.1. The third-order valence-corrected chi connectivity index (χ3v) is 8.75. The fraction of sp³-hybridized carbons (Fsp3) is 0.471. The number of fused-ring (bicyclic) bond motifs is 1. The molecule has 13 heteroatoms. The summed E-state index contributed by atoms with van der Waals surface area (Å²) < 4.78 is 48.3. The van der Waals surface area contributed by atoms with Crippen LogP contribution in [0.4, 0.5) is 4.39 Å². The first kappa shape index (κ1) is 35.6. The second-order valence-electron chi connectivity index (χ2n) is 13.2. The van der Waals surface area contributed by atoms with Crippen molar-refractivity contribution in [1.29, 1.82) is 0 Å². The van der Waals surface area contributed by atoms with Crippen LogP contribution in [0.25, 0.3) is 10.9 Å². The van der Waals surface area contributed by atoms with Crippen LogP contribution >= 0.6 is 0 Å². The van der Waals surface area contributed by atoms with Gasteiger partial charge in [-0.2, -0.15) is 0 Å². The van der Waals surface area contributed by atoms with Crippen molar-refractivity contribution >= 4 is 44.4 Å². The van der Waals surface area contributed by atoms with Crippen LogP contribution in [-0.4, -0.2) is 72.6 Å². The highest BCUT2D eigenvalue weighted by molar-refractivity contribution is 7.89. The molecule has 0 radical (unpaired) electrons. The highest BCUT2D eigenvalue weighted by Gasteiger charge is 2.39. The predicted octanol–water partition coefficient (Wildman–Crippen LogP) is 4.14. The number of halogens is 1. The lowest BCUT2D eigenvalue weighted by molar-refractivity contribution is -0.138. The van der Waals surface area contributed by atoms with Crippen LogP contribution in [-0.2, 0) is 37.4 Å². The van der Waals surface area contributed by atoms with Gasteiger partial charge in [-0.15, -0.1) is 0 Å². The number of Topliss-reactive ketones (excluding diaryl/α,β-unsaturated/α-hetero) is 1. The number of rotatable bonds is 14. The molecule has 1 aliphatic heterocycles. The molecule has 0 spiro atoms. The molecule has 0 unspecified atom stereocenters. The van der Waals surface area contributed by atoms with Crippen LogP contribution in [0.1, 0.15) is 69.3 Å². The monoisotopic (exact) mass is 670 g/mol. The zero-order valence-electron chi connectivity index (χ0n) is 27.3. The van der Waals surface area contributed by atoms with Gasteiger partial charge < -0.3 is 19.5 Å². The first-order valence-corrected chi connectivity index (χ1v) is 17.3. The number of carbonyl (C=O) groups excluding carboxylic acids is 4. The second kappa shape index (κ2) is 15.1. The summed E-state index contributed by atoms with van der Waals surface area (Å²) in [6, 6.07) is 13.6. The number of alkyl halides is 1. The Bertz CT molecular complexity index is 1720. The van der Waals surface area contributed by atoms with Crippen LogP contribution in [0.2, 0.25) is 0 Å². The summed E-state index contributed by atoms with van der Waals surface area (Å²) in [5.41, 5.74) is 1.58. The number of aromatic nitrogens is 1. The van der Waals surface area contributed by atoms with Gasteiger partial charge in [-0.3, -0.25) is 23.9 Å². The van der Waals surface area contributed by atoms with Crippen molar-refractivity contribution in [2.75, 3.05) is 19.0 Å². The van der Waals surface area contributed by atoms with E-state index in [2.05, 4.69) is 5.32 Å². The molecule has 0 saturated carbocycles. The van der Waals surface area contributed by atoms with Crippen LogP contribution in [0.3, 0.4) is 0 Å². The summed E-state index contributed by atoms with van der Waals surface area (Å²) in [5, 5.41) is 3.27. The van der Waals surface area contributed by atoms with E-state index < -0.39 is 51.3 Å². The van der Waals surface area contributed by atoms with Crippen LogP contribution in [0.5, 0.6) is 5.75 Å². The summed E-state index contributed by atoms with van der Waals surface area (Å²) in [6.45, 7) is 6.76. The molecule has 11 nitrogen and oxygen atoms in total. The van der Waals surface area contributed by atoms with E-state index in [0.717, 1.165) is 19.3 Å². The molecule has 1 aromatic heterocycles. The Morgan fingerprint density at radius 3 is 2.45 bits per heavy atom. The molecule has 254 valence electrons. The van der Waals surface area contributed by atoms with E-state index in [1.165, 1.54) is 35.7 Å². The number of nitrogens with one attached hydrogen (secondary N) is 2. The Hall–Kier alpha value is -4.26. The molecule has 0 aliphatic carbocycles. The molecule has 47 heavy (non-hydrogen) atoms. The number of amides is 3. The minimum Gasteiger partial charge on any atom is -0.476 e. The molecule has 3 amide bonds. The van der Waals surface area contributed by atoms with Gasteiger partial charge in [0.2, 0.25) is 23.7 Å². The highest BCUT2D eigenvalue weighted by atomic mass is 32.2. The van der Waals surface area contributed by atoms with Crippen molar-refractivity contribution < 1.29 is 36.7 Å². The maximum absolute atomic E-state index is 14.5. The number of sulfonamides is 1. The largest absolute Gasteiger partial charge is 0.476 e. The molecule has 3 aromatic rings. The Balaban J connectivity index is 1.39. The van der Waals surface area contributed by atoms with Crippen LogP contribution < -0.4 is 14.8 Å². The molecule has 2 heterocycles. The molecular formula is C34H43FN4O7S. The number of carbonyl (C=O) groups is 4. The fourth-order valence-electron chi connectivity index (χ4n) is 5.62. The Morgan fingerprint density at radius 1 is 1.04 bits per heavy atom. The molecule has 2 N–H and O–H groups in total. The van der Waals surface area contributed by atoms with Gasteiger partial charge in [-0.1, -0.05) is 51.1 Å². The van der Waals surface area contributed by atoms with E-state index in [4.69, 9.17) is 4.74 Å². The van der Waals surface area contributed by atoms with Gasteiger partial charge >= 0.3 is 0 Å². The average molecular weight is 671 g/mol. The van der Waals surface area contributed by atoms with E-state index in [1.807, 2.05) is 55.8 Å². The van der Waals surface area contributed by atoms with Crippen molar-refractivity contribution in [2.45, 2.75) is 78.6 Å². The van der Waals surface area contributed by atoms with Gasteiger partial charge in [0, 0.05) is 42.0 Å². The van der Waals surface area contributed by atoms with Gasteiger partial charge in [-0.25, -0.2) is 12.8 Å². The van der Waals surface area contributed by atoms with Gasteiger partial charge in [0.05, 0.1) is 6.54 Å². The third kappa shape index (κ3) is 10.1. The minimum absolute atomic E-state index is 0.0103. The standard InChI is InChI=1S/C34H43FN4O7S/c1-23(40)28-20-38(29-14-13-26(17-27(28)29)46-22-47(44,45)37-31(41)18-34(2,3)4)21-32(42)39-19-25(35)16-30(39)33(43)36-15-9-8-12-24-10-6-5-7-11-24/h5-7,10-11,13-14,17,20,25,30H,8-9,12,15-16,18-19,21-22H2,1-4H3,(H,36,43)(H,37,41)/t25-,30+/m1/s1. The lowest BCUT2D eigenvalue weighted by atomic mass is 9.92. The van der Waals surface area contributed by atoms with Gasteiger partial charge in [-0.05, 0) is 55.4 Å². The number of likely N-dealkylation sites (tertiary alicyclic amines) is 1. The maximum atomic E-state index is 14.5. The number of ketones is 1. The number of hydrogen-bond donors (Lipinski definition) is 2. The smallest absolute Gasteiger partial charge is 0.270 e. The zero-order chi connectivity index (χ0) is 34.4. The van der Waals surface area contributed by atoms with Gasteiger partial charge in [0.25, 0.3) is 10.0 Å². The van der Waals surface area contributed by atoms with E-state index in [-0.39, 0.29) is 43.0 Å². The average Bonchev–Trinajstić information content (AvgIpc) is 3.55. The SMILES string of the molecule is CC(=O)c1cn(CC(=O)N2C[C@H](F)C[C@H]2C(=O)NCCCCc2ccccc2)c2ccc(OCS(=O)(=O)NC(=O)CC(C)(C)C)cc12. The Morgan fingerprint density at radius 2 is 1.77 bits per heavy atom. The number of unbranched alkanes of at least 4 members (excludes halogenated alkanes) is 1. The lowest BCUT2D eigenvalue weighted by Crippen LogP contribution is -2.47. The van der Waals surface area contributed by atoms with Crippen molar-refractivity contribution in [3.63, 3.8) is 0 Å². The fourth-order valence-corrected chi connectivity index (χ4v) is 6.39. The van der Waals surface area contributed by atoms with Crippen molar-refractivity contribution in [2.24, 2.45) is 5.41 Å². The number of nitrogens with zero attached hydrogens (tertiary/aromatic N) is 2. The van der Waals surface area contributed by atoms with Crippen LogP contribution in [0.15, 0.2) is 54.7 Å². The number of ether oxygens (including phenoxy) is 1. The van der Waals surface area contributed by atoms with Gasteiger partial charge in [0.15, 0.2) is 5.78 Å². The van der Waals surface area contributed by atoms with E-state index in [1.54, 1.807) is 10.6 Å². The summed E-state index contributed by atoms with van der Waals surface area (Å²) in [5.74, 6) is -2.50. The number of benzene rings is 2. The first-order valence-electron chi connectivity index (χ1n) is 15.7. The number of aryl methyl sites for hydroxylation is 1. The molecule has 1 saturated heterocycles. The van der Waals surface area contributed by atoms with Crippen molar-refractivity contribution in [3.8, 4) is 5.75 Å². The van der Waals surface area contributed by atoms with Crippen LogP contribution in [0, 0.1) is 5.41 Å². The second-order valence-corrected chi connectivity index (χ2v) is 14.8. The quantitative estimate of drug-likeness (QED) is 0.194. The van der Waals surface area contributed by atoms with E-state index in [0.29, 0.717) is 17.4 Å². The molecule has 2 atom stereocenters. The molecule has 0 bridgehead atoms. The normalized spacial score (nSPS) is 16.7. The number of hydrogen-bond acceptors (Lipinski definition) is 7. The lowest BCUT2D eigenvalue weighted by Gasteiger charge is -2.24. The van der Waals surface area contributed by atoms with E-state index in [9.17, 15) is 32.0 Å². The Labute approximate surface area is 274 Å². The Kier molecular flexibility index (Phi) is 11.4. The molecule has 1 aliphatic rings. The summed E-state index contributed by atoms with van der Waals surface area (Å²) >= 11 is 0. The predicted molar refractivity (Wildman–Crippen MR) is 176 cm³/mol. The van der Waals surface area contributed by atoms with Crippen molar-refractivity contribution in [3.05, 3.63) is 65.9 Å². The molecule has 1 fully saturated rings. The van der Waals surface area contributed by atoms with Crippen molar-refractivity contribution in [1.82, 2.24) is 19.5 Å².